The predicted molar refractivity (Wildman–Crippen MR) is 123 cm³/mol. The number of hydrogen-bond donors (Lipinski definition) is 0. The predicted octanol–water partition coefficient (Wildman–Crippen LogP) is 3.79. The van der Waals surface area contributed by atoms with Crippen LogP contribution in [0.4, 0.5) is 0 Å². The summed E-state index contributed by atoms with van der Waals surface area (Å²) < 4.78 is 11.5. The summed E-state index contributed by atoms with van der Waals surface area (Å²) >= 11 is 1.41. The highest BCUT2D eigenvalue weighted by molar-refractivity contribution is 7.12. The average Bonchev–Trinajstić information content (AvgIpc) is 3.34. The molecule has 1 amide bonds. The molecule has 0 unspecified atom stereocenters. The molecule has 1 saturated heterocycles. The molecule has 1 saturated carbocycles. The molecule has 168 valence electrons. The summed E-state index contributed by atoms with van der Waals surface area (Å²) in [6, 6.07) is 8.18. The molecule has 7 heteroatoms. The molecule has 1 aliphatic carbocycles. The maximum Gasteiger partial charge on any atom is 0.265 e. The van der Waals surface area contributed by atoms with Gasteiger partial charge in [0.25, 0.3) is 5.91 Å². The molecule has 1 atom stereocenters. The summed E-state index contributed by atoms with van der Waals surface area (Å²) in [6.07, 6.45) is 1.86. The molecule has 2 aromatic rings. The summed E-state index contributed by atoms with van der Waals surface area (Å²) in [5.41, 5.74) is 4.26. The van der Waals surface area contributed by atoms with Crippen LogP contribution in [0.1, 0.15) is 45.6 Å². The monoisotopic (exact) mass is 452 g/mol. The van der Waals surface area contributed by atoms with Crippen LogP contribution in [0, 0.1) is 0 Å². The van der Waals surface area contributed by atoms with Crippen LogP contribution in [0.3, 0.4) is 0 Å². The van der Waals surface area contributed by atoms with Crippen LogP contribution in [-0.4, -0.2) is 53.8 Å². The molecule has 3 aliphatic rings. The quantitative estimate of drug-likeness (QED) is 0.624. The first-order chi connectivity index (χ1) is 15.6. The first-order valence-electron chi connectivity index (χ1n) is 11.2. The van der Waals surface area contributed by atoms with Crippen LogP contribution >= 0.6 is 11.3 Å². The molecule has 1 aromatic carbocycles. The fourth-order valence-corrected chi connectivity index (χ4v) is 5.61. The van der Waals surface area contributed by atoms with Crippen molar-refractivity contribution in [2.45, 2.75) is 45.0 Å². The molecule has 0 radical (unpaired) electrons. The number of hydrogen-bond acceptors (Lipinski definition) is 6. The Kier molecular flexibility index (Phi) is 6.13. The fourth-order valence-electron chi connectivity index (χ4n) is 4.64. The number of carbonyl (C=O) groups is 2. The van der Waals surface area contributed by atoms with Gasteiger partial charge in [0.05, 0.1) is 25.8 Å². The van der Waals surface area contributed by atoms with Crippen molar-refractivity contribution in [1.29, 1.82) is 0 Å². The first kappa shape index (κ1) is 21.4. The maximum atomic E-state index is 12.9. The third kappa shape index (κ3) is 4.37. The number of carbonyl (C=O) groups excluding carboxylic acids is 2. The second kappa shape index (κ2) is 9.17. The van der Waals surface area contributed by atoms with E-state index in [2.05, 4.69) is 35.7 Å². The second-order valence-corrected chi connectivity index (χ2v) is 9.66. The third-order valence-electron chi connectivity index (χ3n) is 6.51. The third-order valence-corrected chi connectivity index (χ3v) is 7.50. The van der Waals surface area contributed by atoms with Gasteiger partial charge in [0.15, 0.2) is 5.78 Å². The van der Waals surface area contributed by atoms with Crippen molar-refractivity contribution in [1.82, 2.24) is 9.80 Å². The Morgan fingerprint density at radius 3 is 2.62 bits per heavy atom. The van der Waals surface area contributed by atoms with E-state index in [-0.39, 0.29) is 17.7 Å². The lowest BCUT2D eigenvalue weighted by atomic mass is 9.90. The lowest BCUT2D eigenvalue weighted by Crippen LogP contribution is -2.43. The van der Waals surface area contributed by atoms with Crippen molar-refractivity contribution in [2.24, 2.45) is 0 Å². The lowest BCUT2D eigenvalue weighted by Gasteiger charge is -2.30. The van der Waals surface area contributed by atoms with Crippen LogP contribution in [0.15, 0.2) is 41.8 Å². The number of morpholine rings is 1. The normalized spacial score (nSPS) is 21.8. The van der Waals surface area contributed by atoms with E-state index in [1.54, 1.807) is 4.90 Å². The van der Waals surface area contributed by atoms with E-state index in [4.69, 9.17) is 9.47 Å². The van der Waals surface area contributed by atoms with Crippen LogP contribution < -0.4 is 4.74 Å². The zero-order valence-electron chi connectivity index (χ0n) is 18.2. The van der Waals surface area contributed by atoms with Crippen molar-refractivity contribution in [2.75, 3.05) is 26.3 Å². The number of benzene rings is 1. The molecular weight excluding hydrogens is 424 g/mol. The van der Waals surface area contributed by atoms with E-state index in [1.807, 2.05) is 5.38 Å². The second-order valence-electron chi connectivity index (χ2n) is 8.78. The molecule has 2 fully saturated rings. The van der Waals surface area contributed by atoms with E-state index >= 15 is 0 Å². The summed E-state index contributed by atoms with van der Waals surface area (Å²) in [4.78, 5) is 30.2. The van der Waals surface area contributed by atoms with Crippen LogP contribution in [-0.2, 0) is 29.2 Å². The Morgan fingerprint density at radius 2 is 1.88 bits per heavy atom. The van der Waals surface area contributed by atoms with Crippen molar-refractivity contribution in [3.8, 4) is 5.75 Å². The minimum absolute atomic E-state index is 0.0434. The summed E-state index contributed by atoms with van der Waals surface area (Å²) in [5, 5.41) is 1.91. The van der Waals surface area contributed by atoms with Crippen molar-refractivity contribution in [3.05, 3.63) is 63.4 Å². The molecule has 0 N–H and O–H groups in total. The minimum Gasteiger partial charge on any atom is -0.488 e. The van der Waals surface area contributed by atoms with Gasteiger partial charge in [-0.3, -0.25) is 14.5 Å². The lowest BCUT2D eigenvalue weighted by molar-refractivity contribution is -0.124. The van der Waals surface area contributed by atoms with Gasteiger partial charge in [-0.25, -0.2) is 0 Å². The van der Waals surface area contributed by atoms with Gasteiger partial charge >= 0.3 is 0 Å². The van der Waals surface area contributed by atoms with E-state index in [0.717, 1.165) is 61.7 Å². The van der Waals surface area contributed by atoms with Gasteiger partial charge in [0.1, 0.15) is 17.2 Å². The van der Waals surface area contributed by atoms with Gasteiger partial charge in [-0.2, -0.15) is 0 Å². The Morgan fingerprint density at radius 1 is 1.12 bits per heavy atom. The highest BCUT2D eigenvalue weighted by Gasteiger charge is 2.40. The Bertz CT molecular complexity index is 1020. The van der Waals surface area contributed by atoms with Gasteiger partial charge in [0.2, 0.25) is 0 Å². The molecule has 5 rings (SSSR count). The van der Waals surface area contributed by atoms with Gasteiger partial charge < -0.3 is 14.4 Å². The highest BCUT2D eigenvalue weighted by atomic mass is 32.1. The van der Waals surface area contributed by atoms with Crippen molar-refractivity contribution >= 4 is 23.0 Å². The molecule has 3 heterocycles. The number of allylic oxidation sites excluding steroid dienone is 1. The molecule has 1 aromatic heterocycles. The zero-order valence-corrected chi connectivity index (χ0v) is 19.0. The summed E-state index contributed by atoms with van der Waals surface area (Å²) in [7, 11) is 0. The summed E-state index contributed by atoms with van der Waals surface area (Å²) in [5.74, 6) is 0.813. The average molecular weight is 453 g/mol. The van der Waals surface area contributed by atoms with E-state index in [0.29, 0.717) is 30.9 Å². The summed E-state index contributed by atoms with van der Waals surface area (Å²) in [6.45, 7) is 9.34. The molecule has 0 bridgehead atoms. The number of thiophene rings is 1. The molecule has 2 aliphatic heterocycles. The zero-order chi connectivity index (χ0) is 22.1. The number of Topliss-reactive ketones (excluding diaryl/α,β-unsaturated/α-hetero) is 1. The van der Waals surface area contributed by atoms with E-state index in [9.17, 15) is 9.59 Å². The highest BCUT2D eigenvalue weighted by Crippen LogP contribution is 2.39. The largest absolute Gasteiger partial charge is 0.488 e. The van der Waals surface area contributed by atoms with Crippen LogP contribution in [0.2, 0.25) is 0 Å². The topological polar surface area (TPSA) is 59.1 Å². The van der Waals surface area contributed by atoms with Crippen molar-refractivity contribution in [3.63, 3.8) is 0 Å². The van der Waals surface area contributed by atoms with E-state index < -0.39 is 0 Å². The number of rotatable bonds is 6. The number of ether oxygens (including phenoxy) is 2. The van der Waals surface area contributed by atoms with Gasteiger partial charge in [-0.15, -0.1) is 11.3 Å². The first-order valence-corrected chi connectivity index (χ1v) is 12.1. The molecule has 0 spiro atoms. The van der Waals surface area contributed by atoms with Crippen molar-refractivity contribution < 1.29 is 19.1 Å². The van der Waals surface area contributed by atoms with Crippen LogP contribution in [0.5, 0.6) is 5.75 Å². The smallest absolute Gasteiger partial charge is 0.265 e. The Balaban J connectivity index is 1.19. The number of ketones is 1. The maximum absolute atomic E-state index is 12.9. The number of nitrogens with zero attached hydrogens (tertiary/aromatic N) is 2. The van der Waals surface area contributed by atoms with Gasteiger partial charge in [-0.05, 0) is 24.0 Å². The molecule has 6 nitrogen and oxygen atoms in total. The molecular formula is C25H28N2O4S. The number of amides is 1. The Labute approximate surface area is 192 Å². The Hall–Kier alpha value is -2.48. The standard InChI is InChI=1S/C25H28N2O4S/c1-17-2-7-21(22(28)12-17)27-14-20-23(16-32-24(20)25(27)29)31-15-19-5-3-18(4-6-19)13-26-8-10-30-11-9-26/h3-6,16,21H,1-2,7-15H2/t21-/m0/s1. The SMILES string of the molecule is C=C1CC[C@H](N2Cc3c(OCc4ccc(CN5CCOCC5)cc4)csc3C2=O)C(=O)C1. The minimum atomic E-state index is -0.334. The van der Waals surface area contributed by atoms with Gasteiger partial charge in [0, 0.05) is 37.0 Å². The van der Waals surface area contributed by atoms with E-state index in [1.165, 1.54) is 16.9 Å². The van der Waals surface area contributed by atoms with Crippen LogP contribution in [0.25, 0.3) is 0 Å². The number of fused-ring (bicyclic) bond motifs is 1. The fraction of sp³-hybridized carbons (Fsp3) is 0.440. The van der Waals surface area contributed by atoms with Gasteiger partial charge in [-0.1, -0.05) is 36.4 Å². The molecule has 32 heavy (non-hydrogen) atoms.